The van der Waals surface area contributed by atoms with Crippen molar-refractivity contribution < 1.29 is 13.2 Å². The van der Waals surface area contributed by atoms with E-state index in [2.05, 4.69) is 15.5 Å². The summed E-state index contributed by atoms with van der Waals surface area (Å²) in [5.74, 6) is -0.123. The molecule has 130 valence electrons. The summed E-state index contributed by atoms with van der Waals surface area (Å²) in [7, 11) is -3.48. The highest BCUT2D eigenvalue weighted by atomic mass is 32.2. The SMILES string of the molecule is Cc1n[nH]c(C)c1CCCNC(=O)N1CCC(CS(N)(=O)=O)C1. The largest absolute Gasteiger partial charge is 0.338 e. The summed E-state index contributed by atoms with van der Waals surface area (Å²) in [6.45, 7) is 5.56. The number of aryl methyl sites for hydroxylation is 2. The van der Waals surface area contributed by atoms with E-state index in [1.807, 2.05) is 13.8 Å². The Kier molecular flexibility index (Phi) is 5.64. The number of H-pyrrole nitrogens is 1. The van der Waals surface area contributed by atoms with Crippen LogP contribution in [-0.4, -0.2) is 54.9 Å². The van der Waals surface area contributed by atoms with Crippen molar-refractivity contribution in [2.45, 2.75) is 33.1 Å². The number of hydrogen-bond acceptors (Lipinski definition) is 4. The molecule has 1 aliphatic rings. The monoisotopic (exact) mass is 343 g/mol. The third-order valence-corrected chi connectivity index (χ3v) is 5.14. The molecule has 1 aromatic rings. The van der Waals surface area contributed by atoms with Crippen LogP contribution in [-0.2, 0) is 16.4 Å². The Labute approximate surface area is 136 Å². The number of amides is 2. The van der Waals surface area contributed by atoms with Gasteiger partial charge in [0, 0.05) is 25.3 Å². The predicted octanol–water partition coefficient (Wildman–Crippen LogP) is 0.279. The number of aromatic amines is 1. The average Bonchev–Trinajstić information content (AvgIpc) is 3.02. The Morgan fingerprint density at radius 1 is 1.48 bits per heavy atom. The Morgan fingerprint density at radius 2 is 2.22 bits per heavy atom. The van der Waals surface area contributed by atoms with Gasteiger partial charge in [-0.05, 0) is 44.6 Å². The third-order valence-electron chi connectivity index (χ3n) is 4.20. The van der Waals surface area contributed by atoms with Crippen LogP contribution in [0, 0.1) is 19.8 Å². The number of primary sulfonamides is 1. The average molecular weight is 343 g/mol. The standard InChI is InChI=1S/C14H25N5O3S/c1-10-13(11(2)18-17-10)4-3-6-16-14(20)19-7-5-12(8-19)9-23(15,21)22/h12H,3-9H2,1-2H3,(H,16,20)(H,17,18)(H2,15,21,22). The lowest BCUT2D eigenvalue weighted by Crippen LogP contribution is -2.39. The second-order valence-corrected chi connectivity index (χ2v) is 7.84. The number of carbonyl (C=O) groups is 1. The zero-order chi connectivity index (χ0) is 17.0. The summed E-state index contributed by atoms with van der Waals surface area (Å²) in [5.41, 5.74) is 3.27. The van der Waals surface area contributed by atoms with Crippen LogP contribution < -0.4 is 10.5 Å². The molecule has 1 saturated heterocycles. The van der Waals surface area contributed by atoms with E-state index in [1.165, 1.54) is 5.56 Å². The van der Waals surface area contributed by atoms with E-state index in [0.29, 0.717) is 26.1 Å². The Balaban J connectivity index is 1.70. The molecule has 1 atom stereocenters. The minimum atomic E-state index is -3.48. The number of nitrogens with zero attached hydrogens (tertiary/aromatic N) is 2. The second-order valence-electron chi connectivity index (χ2n) is 6.18. The molecule has 9 heteroatoms. The van der Waals surface area contributed by atoms with Gasteiger partial charge in [0.05, 0.1) is 11.4 Å². The van der Waals surface area contributed by atoms with Gasteiger partial charge in [0.25, 0.3) is 0 Å². The van der Waals surface area contributed by atoms with Gasteiger partial charge in [0.15, 0.2) is 0 Å². The highest BCUT2D eigenvalue weighted by molar-refractivity contribution is 7.89. The maximum atomic E-state index is 12.1. The molecule has 0 radical (unpaired) electrons. The number of urea groups is 1. The molecule has 2 amide bonds. The van der Waals surface area contributed by atoms with Crippen LogP contribution >= 0.6 is 0 Å². The van der Waals surface area contributed by atoms with Gasteiger partial charge in [-0.2, -0.15) is 5.10 Å². The normalized spacial score (nSPS) is 18.4. The van der Waals surface area contributed by atoms with E-state index in [9.17, 15) is 13.2 Å². The zero-order valence-electron chi connectivity index (χ0n) is 13.6. The first-order chi connectivity index (χ1) is 10.8. The van der Waals surface area contributed by atoms with Crippen molar-refractivity contribution in [1.29, 1.82) is 0 Å². The summed E-state index contributed by atoms with van der Waals surface area (Å²) in [6.07, 6.45) is 2.38. The van der Waals surface area contributed by atoms with Crippen molar-refractivity contribution in [1.82, 2.24) is 20.4 Å². The van der Waals surface area contributed by atoms with Gasteiger partial charge in [-0.25, -0.2) is 18.4 Å². The number of nitrogens with two attached hydrogens (primary N) is 1. The summed E-state index contributed by atoms with van der Waals surface area (Å²) in [6, 6.07) is -0.137. The van der Waals surface area contributed by atoms with Gasteiger partial charge in [-0.3, -0.25) is 5.10 Å². The Hall–Kier alpha value is -1.61. The number of nitrogens with one attached hydrogen (secondary N) is 2. The minimum absolute atomic E-state index is 0.0597. The molecule has 0 saturated carbocycles. The molecule has 0 bridgehead atoms. The van der Waals surface area contributed by atoms with Gasteiger partial charge < -0.3 is 10.2 Å². The summed E-state index contributed by atoms with van der Waals surface area (Å²) < 4.78 is 22.2. The van der Waals surface area contributed by atoms with E-state index >= 15 is 0 Å². The van der Waals surface area contributed by atoms with Crippen LogP contribution in [0.15, 0.2) is 0 Å². The van der Waals surface area contributed by atoms with E-state index < -0.39 is 10.0 Å². The number of carbonyl (C=O) groups excluding carboxylic acids is 1. The quantitative estimate of drug-likeness (QED) is 0.642. The van der Waals surface area contributed by atoms with E-state index in [4.69, 9.17) is 5.14 Å². The van der Waals surface area contributed by atoms with E-state index in [-0.39, 0.29) is 17.7 Å². The summed E-state index contributed by atoms with van der Waals surface area (Å²) in [4.78, 5) is 13.7. The molecule has 0 aromatic carbocycles. The van der Waals surface area contributed by atoms with E-state index in [0.717, 1.165) is 24.2 Å². The lowest BCUT2D eigenvalue weighted by atomic mass is 10.1. The molecule has 1 aliphatic heterocycles. The van der Waals surface area contributed by atoms with Crippen LogP contribution in [0.3, 0.4) is 0 Å². The first kappa shape index (κ1) is 17.7. The van der Waals surface area contributed by atoms with Crippen molar-refractivity contribution in [3.8, 4) is 0 Å². The highest BCUT2D eigenvalue weighted by Gasteiger charge is 2.28. The van der Waals surface area contributed by atoms with Gasteiger partial charge >= 0.3 is 6.03 Å². The van der Waals surface area contributed by atoms with Crippen LogP contribution in [0.1, 0.15) is 29.8 Å². The smallest absolute Gasteiger partial charge is 0.317 e. The molecule has 0 spiro atoms. The van der Waals surface area contributed by atoms with Gasteiger partial charge in [0.1, 0.15) is 0 Å². The van der Waals surface area contributed by atoms with Crippen LogP contribution in [0.4, 0.5) is 4.79 Å². The fourth-order valence-electron chi connectivity index (χ4n) is 3.00. The lowest BCUT2D eigenvalue weighted by molar-refractivity contribution is 0.207. The summed E-state index contributed by atoms with van der Waals surface area (Å²) in [5, 5.41) is 15.0. The van der Waals surface area contributed by atoms with Crippen molar-refractivity contribution >= 4 is 16.1 Å². The lowest BCUT2D eigenvalue weighted by Gasteiger charge is -2.17. The van der Waals surface area contributed by atoms with Crippen molar-refractivity contribution in [3.63, 3.8) is 0 Å². The molecule has 2 rings (SSSR count). The molecule has 0 aliphatic carbocycles. The maximum absolute atomic E-state index is 12.1. The Morgan fingerprint density at radius 3 is 2.83 bits per heavy atom. The second kappa shape index (κ2) is 7.31. The van der Waals surface area contributed by atoms with Gasteiger partial charge in [-0.1, -0.05) is 0 Å². The Bertz CT molecular complexity index is 636. The molecular formula is C14H25N5O3S. The van der Waals surface area contributed by atoms with Crippen LogP contribution in [0.2, 0.25) is 0 Å². The topological polar surface area (TPSA) is 121 Å². The fraction of sp³-hybridized carbons (Fsp3) is 0.714. The molecule has 2 heterocycles. The van der Waals surface area contributed by atoms with Gasteiger partial charge in [-0.15, -0.1) is 0 Å². The highest BCUT2D eigenvalue weighted by Crippen LogP contribution is 2.17. The number of sulfonamides is 1. The maximum Gasteiger partial charge on any atom is 0.317 e. The first-order valence-electron chi connectivity index (χ1n) is 7.80. The van der Waals surface area contributed by atoms with Crippen molar-refractivity contribution in [2.75, 3.05) is 25.4 Å². The van der Waals surface area contributed by atoms with Crippen LogP contribution in [0.25, 0.3) is 0 Å². The predicted molar refractivity (Wildman–Crippen MR) is 87.4 cm³/mol. The number of aromatic nitrogens is 2. The molecule has 1 unspecified atom stereocenters. The molecule has 8 nitrogen and oxygen atoms in total. The fourth-order valence-corrected chi connectivity index (χ4v) is 3.93. The zero-order valence-corrected chi connectivity index (χ0v) is 14.4. The molecule has 1 fully saturated rings. The number of hydrogen-bond donors (Lipinski definition) is 3. The minimum Gasteiger partial charge on any atom is -0.338 e. The summed E-state index contributed by atoms with van der Waals surface area (Å²) >= 11 is 0. The molecule has 4 N–H and O–H groups in total. The van der Waals surface area contributed by atoms with Crippen molar-refractivity contribution in [2.24, 2.45) is 11.1 Å². The molecular weight excluding hydrogens is 318 g/mol. The van der Waals surface area contributed by atoms with Crippen LogP contribution in [0.5, 0.6) is 0 Å². The number of likely N-dealkylation sites (tertiary alicyclic amines) is 1. The van der Waals surface area contributed by atoms with E-state index in [1.54, 1.807) is 4.90 Å². The molecule has 23 heavy (non-hydrogen) atoms. The third kappa shape index (κ3) is 5.21. The molecule has 1 aromatic heterocycles. The number of rotatable bonds is 6. The van der Waals surface area contributed by atoms with Gasteiger partial charge in [0.2, 0.25) is 10.0 Å². The first-order valence-corrected chi connectivity index (χ1v) is 9.51. The van der Waals surface area contributed by atoms with Crippen molar-refractivity contribution in [3.05, 3.63) is 17.0 Å².